The lowest BCUT2D eigenvalue weighted by atomic mass is 10.1. The summed E-state index contributed by atoms with van der Waals surface area (Å²) in [6.07, 6.45) is 1.39. The van der Waals surface area contributed by atoms with Crippen LogP contribution >= 0.6 is 34.8 Å². The van der Waals surface area contributed by atoms with Crippen molar-refractivity contribution in [1.29, 1.82) is 5.26 Å². The fraction of sp³-hybridized carbons (Fsp3) is 0.125. The first kappa shape index (κ1) is 29.8. The van der Waals surface area contributed by atoms with Gasteiger partial charge in [0.15, 0.2) is 17.2 Å². The number of ether oxygens (including phenoxy) is 3. The molecule has 9 heteroatoms. The van der Waals surface area contributed by atoms with Gasteiger partial charge in [-0.15, -0.1) is 0 Å². The lowest BCUT2D eigenvalue weighted by molar-refractivity contribution is -0.112. The minimum Gasteiger partial charge on any atom is -0.490 e. The van der Waals surface area contributed by atoms with Crippen LogP contribution in [0.4, 0.5) is 5.69 Å². The molecule has 0 saturated carbocycles. The number of anilines is 1. The molecule has 0 aliphatic rings. The number of halogens is 3. The van der Waals surface area contributed by atoms with E-state index in [1.165, 1.54) is 6.08 Å². The molecule has 0 aromatic heterocycles. The summed E-state index contributed by atoms with van der Waals surface area (Å²) in [5.74, 6) is 0.876. The van der Waals surface area contributed by atoms with Crippen molar-refractivity contribution in [2.45, 2.75) is 20.1 Å². The molecule has 0 fully saturated rings. The van der Waals surface area contributed by atoms with Gasteiger partial charge in [-0.05, 0) is 66.1 Å². The lowest BCUT2D eigenvalue weighted by Gasteiger charge is -2.15. The normalized spacial score (nSPS) is 11.0. The Balaban J connectivity index is 1.45. The zero-order chi connectivity index (χ0) is 29.2. The highest BCUT2D eigenvalue weighted by Crippen LogP contribution is 2.36. The van der Waals surface area contributed by atoms with Crippen LogP contribution in [0.3, 0.4) is 0 Å². The van der Waals surface area contributed by atoms with Gasteiger partial charge >= 0.3 is 0 Å². The highest BCUT2D eigenvalue weighted by Gasteiger charge is 2.15. The average Bonchev–Trinajstić information content (AvgIpc) is 2.97. The molecule has 0 aliphatic heterocycles. The van der Waals surface area contributed by atoms with Gasteiger partial charge in [-0.25, -0.2) is 0 Å². The molecule has 1 N–H and O–H groups in total. The van der Waals surface area contributed by atoms with Crippen LogP contribution in [-0.4, -0.2) is 12.5 Å². The molecule has 6 nitrogen and oxygen atoms in total. The third-order valence-corrected chi connectivity index (χ3v) is 6.64. The Hall–Kier alpha value is -4.15. The van der Waals surface area contributed by atoms with Crippen molar-refractivity contribution in [3.63, 3.8) is 0 Å². The molecule has 1 amide bonds. The third-order valence-electron chi connectivity index (χ3n) is 5.75. The van der Waals surface area contributed by atoms with E-state index in [-0.39, 0.29) is 28.0 Å². The molecule has 4 aromatic rings. The molecule has 0 atom stereocenters. The number of rotatable bonds is 11. The van der Waals surface area contributed by atoms with E-state index < -0.39 is 5.91 Å². The summed E-state index contributed by atoms with van der Waals surface area (Å²) in [6.45, 7) is 2.95. The molecule has 208 valence electrons. The van der Waals surface area contributed by atoms with Crippen LogP contribution in [0.25, 0.3) is 6.08 Å². The third kappa shape index (κ3) is 8.18. The van der Waals surface area contributed by atoms with Crippen LogP contribution in [0, 0.1) is 11.3 Å². The Kier molecular flexibility index (Phi) is 10.5. The fourth-order valence-electron chi connectivity index (χ4n) is 3.79. The number of carbonyl (C=O) groups excluding carboxylic acids is 1. The second-order valence-electron chi connectivity index (χ2n) is 8.69. The largest absolute Gasteiger partial charge is 0.490 e. The molecular weight excluding hydrogens is 583 g/mol. The van der Waals surface area contributed by atoms with Gasteiger partial charge in [-0.2, -0.15) is 5.26 Å². The molecule has 0 bridgehead atoms. The number of para-hydroxylation sites is 1. The van der Waals surface area contributed by atoms with Crippen molar-refractivity contribution in [2.75, 3.05) is 11.9 Å². The number of carbonyl (C=O) groups is 1. The summed E-state index contributed by atoms with van der Waals surface area (Å²) in [5.41, 5.74) is 2.57. The van der Waals surface area contributed by atoms with Crippen LogP contribution in [0.1, 0.15) is 23.6 Å². The monoisotopic (exact) mass is 606 g/mol. The van der Waals surface area contributed by atoms with Gasteiger partial charge in [0.1, 0.15) is 24.9 Å². The van der Waals surface area contributed by atoms with E-state index in [1.54, 1.807) is 36.4 Å². The Morgan fingerprint density at radius 2 is 1.49 bits per heavy atom. The number of hydrogen-bond donors (Lipinski definition) is 1. The van der Waals surface area contributed by atoms with Crippen molar-refractivity contribution in [1.82, 2.24) is 0 Å². The zero-order valence-electron chi connectivity index (χ0n) is 22.0. The summed E-state index contributed by atoms with van der Waals surface area (Å²) >= 11 is 19.1. The van der Waals surface area contributed by atoms with Gasteiger partial charge < -0.3 is 19.5 Å². The number of nitrogens with zero attached hydrogens (tertiary/aromatic N) is 1. The maximum Gasteiger partial charge on any atom is 0.266 e. The van der Waals surface area contributed by atoms with E-state index in [0.717, 1.165) is 11.1 Å². The van der Waals surface area contributed by atoms with Gasteiger partial charge in [0, 0.05) is 0 Å². The van der Waals surface area contributed by atoms with Crippen molar-refractivity contribution >= 4 is 52.5 Å². The minimum absolute atomic E-state index is 0.149. The molecule has 0 unspecified atom stereocenters. The average molecular weight is 608 g/mol. The Morgan fingerprint density at radius 1 is 0.805 bits per heavy atom. The second kappa shape index (κ2) is 14.5. The number of nitriles is 1. The Labute approximate surface area is 253 Å². The topological polar surface area (TPSA) is 80.6 Å². The highest BCUT2D eigenvalue weighted by molar-refractivity contribution is 6.37. The molecule has 0 heterocycles. The summed E-state index contributed by atoms with van der Waals surface area (Å²) in [5, 5.41) is 13.0. The predicted octanol–water partition coefficient (Wildman–Crippen LogP) is 8.75. The number of nitrogens with one attached hydrogen (secondary N) is 1. The van der Waals surface area contributed by atoms with E-state index in [0.29, 0.717) is 41.0 Å². The number of amides is 1. The van der Waals surface area contributed by atoms with Crippen molar-refractivity contribution in [2.24, 2.45) is 0 Å². The minimum atomic E-state index is -0.616. The maximum absolute atomic E-state index is 12.6. The first-order chi connectivity index (χ1) is 19.9. The van der Waals surface area contributed by atoms with E-state index >= 15 is 0 Å². The van der Waals surface area contributed by atoms with Gasteiger partial charge in [0.2, 0.25) is 0 Å². The first-order valence-corrected chi connectivity index (χ1v) is 13.7. The zero-order valence-corrected chi connectivity index (χ0v) is 24.3. The van der Waals surface area contributed by atoms with E-state index in [4.69, 9.17) is 49.0 Å². The Bertz CT molecular complexity index is 1580. The lowest BCUT2D eigenvalue weighted by Crippen LogP contribution is -2.13. The van der Waals surface area contributed by atoms with Crippen molar-refractivity contribution < 1.29 is 19.0 Å². The van der Waals surface area contributed by atoms with E-state index in [1.807, 2.05) is 61.5 Å². The predicted molar refractivity (Wildman–Crippen MR) is 163 cm³/mol. The number of hydrogen-bond acceptors (Lipinski definition) is 5. The van der Waals surface area contributed by atoms with E-state index in [9.17, 15) is 10.1 Å². The van der Waals surface area contributed by atoms with Crippen molar-refractivity contribution in [3.8, 4) is 23.3 Å². The molecule has 0 radical (unpaired) electrons. The van der Waals surface area contributed by atoms with Crippen LogP contribution < -0.4 is 19.5 Å². The number of benzene rings is 4. The molecule has 41 heavy (non-hydrogen) atoms. The quantitative estimate of drug-likeness (QED) is 0.136. The molecular formula is C32H25Cl3N2O4. The van der Waals surface area contributed by atoms with Gasteiger partial charge in [-0.3, -0.25) is 4.79 Å². The van der Waals surface area contributed by atoms with Gasteiger partial charge in [0.25, 0.3) is 5.91 Å². The smallest absolute Gasteiger partial charge is 0.266 e. The van der Waals surface area contributed by atoms with Crippen LogP contribution in [0.2, 0.25) is 15.1 Å². The molecule has 0 spiro atoms. The second-order valence-corrected chi connectivity index (χ2v) is 9.92. The van der Waals surface area contributed by atoms with Crippen molar-refractivity contribution in [3.05, 3.63) is 122 Å². The van der Waals surface area contributed by atoms with Gasteiger partial charge in [-0.1, -0.05) is 83.3 Å². The van der Waals surface area contributed by atoms with Gasteiger partial charge in [0.05, 0.1) is 27.4 Å². The summed E-state index contributed by atoms with van der Waals surface area (Å²) in [7, 11) is 0. The highest BCUT2D eigenvalue weighted by atomic mass is 35.5. The molecule has 0 aliphatic carbocycles. The molecule has 0 saturated heterocycles. The first-order valence-electron chi connectivity index (χ1n) is 12.6. The SMILES string of the molecule is CCOc1cc(COc2c(Cl)cc(/C=C(\C#N)C(=O)Nc3ccccc3Cl)cc2Cl)ccc1OCc1ccccc1. The maximum atomic E-state index is 12.6. The fourth-order valence-corrected chi connectivity index (χ4v) is 4.58. The molecule has 4 rings (SSSR count). The van der Waals surface area contributed by atoms with Crippen LogP contribution in [0.15, 0.2) is 90.5 Å². The van der Waals surface area contributed by atoms with Crippen LogP contribution in [0.5, 0.6) is 17.2 Å². The Morgan fingerprint density at radius 3 is 2.17 bits per heavy atom. The summed E-state index contributed by atoms with van der Waals surface area (Å²) in [6, 6.07) is 27.2. The molecule has 4 aromatic carbocycles. The summed E-state index contributed by atoms with van der Waals surface area (Å²) in [4.78, 5) is 12.6. The van der Waals surface area contributed by atoms with Crippen LogP contribution in [-0.2, 0) is 18.0 Å². The standard InChI is InChI=1S/C32H25Cl3N2O4/c1-2-39-30-17-22(12-13-29(30)40-19-21-8-4-3-5-9-21)20-41-31-26(34)15-23(16-27(31)35)14-24(18-36)32(38)37-28-11-7-6-10-25(28)33/h3-17H,2,19-20H2,1H3,(H,37,38)/b24-14+. The summed E-state index contributed by atoms with van der Waals surface area (Å²) < 4.78 is 17.7. The van der Waals surface area contributed by atoms with E-state index in [2.05, 4.69) is 5.32 Å².